The fourth-order valence-corrected chi connectivity index (χ4v) is 6.03. The summed E-state index contributed by atoms with van der Waals surface area (Å²) in [6.45, 7) is 2.12. The molecule has 32 heavy (non-hydrogen) atoms. The fraction of sp³-hybridized carbons (Fsp3) is 0.381. The molecule has 4 rings (SSSR count). The molecule has 0 unspecified atom stereocenters. The zero-order valence-corrected chi connectivity index (χ0v) is 19.1. The minimum absolute atomic E-state index is 0.0704. The van der Waals surface area contributed by atoms with Crippen molar-refractivity contribution in [1.82, 2.24) is 15.8 Å². The van der Waals surface area contributed by atoms with Gasteiger partial charge >= 0.3 is 6.03 Å². The Hall–Kier alpha value is -2.92. The van der Waals surface area contributed by atoms with Crippen molar-refractivity contribution in [1.29, 1.82) is 0 Å². The van der Waals surface area contributed by atoms with Crippen LogP contribution in [0.1, 0.15) is 38.2 Å². The number of imide groups is 1. The third kappa shape index (κ3) is 4.49. The number of carbonyl (C=O) groups is 3. The quantitative estimate of drug-likeness (QED) is 0.553. The zero-order valence-electron chi connectivity index (χ0n) is 17.5. The Bertz CT molecular complexity index is 1120. The summed E-state index contributed by atoms with van der Waals surface area (Å²) < 4.78 is 27.3. The van der Waals surface area contributed by atoms with Crippen LogP contribution in [0.25, 0.3) is 0 Å². The molecule has 1 saturated carbocycles. The number of sulfonamides is 1. The van der Waals surface area contributed by atoms with Crippen LogP contribution in [0.2, 0.25) is 0 Å². The van der Waals surface area contributed by atoms with Crippen LogP contribution < -0.4 is 15.5 Å². The van der Waals surface area contributed by atoms with Crippen LogP contribution in [0.4, 0.5) is 10.5 Å². The highest BCUT2D eigenvalue weighted by Gasteiger charge is 2.52. The topological polar surface area (TPSA) is 125 Å². The molecule has 1 saturated heterocycles. The number of thiophene rings is 1. The van der Waals surface area contributed by atoms with Gasteiger partial charge in [-0.1, -0.05) is 25.1 Å². The van der Waals surface area contributed by atoms with Gasteiger partial charge in [0.1, 0.15) is 9.75 Å². The second kappa shape index (κ2) is 8.55. The van der Waals surface area contributed by atoms with E-state index in [1.54, 1.807) is 35.7 Å². The van der Waals surface area contributed by atoms with Crippen LogP contribution in [-0.2, 0) is 26.0 Å². The zero-order chi connectivity index (χ0) is 22.9. The number of amides is 4. The molecule has 170 valence electrons. The predicted molar refractivity (Wildman–Crippen MR) is 119 cm³/mol. The molecule has 2 fully saturated rings. The van der Waals surface area contributed by atoms with Crippen molar-refractivity contribution in [3.63, 3.8) is 0 Å². The molecular weight excluding hydrogens is 452 g/mol. The maximum Gasteiger partial charge on any atom is 0.344 e. The standard InChI is InChI=1S/C21H24N4O5S2/c1-14-8-10-21(11-9-14)19(27)25(20(28)22-21)23-17(26)13-15-4-6-16(7-5-15)24-32(29,30)18-3-2-12-31-18/h2-7,12,14,24H,8-11,13H2,1H3,(H,22,28)(H,23,26). The molecule has 11 heteroatoms. The first-order valence-electron chi connectivity index (χ1n) is 10.3. The van der Waals surface area contributed by atoms with E-state index in [0.29, 0.717) is 30.0 Å². The Labute approximate surface area is 190 Å². The van der Waals surface area contributed by atoms with Crippen molar-refractivity contribution in [2.24, 2.45) is 5.92 Å². The smallest absolute Gasteiger partial charge is 0.322 e. The number of carbonyl (C=O) groups excluding carboxylic acids is 3. The molecule has 2 aromatic rings. The van der Waals surface area contributed by atoms with Crippen LogP contribution in [0, 0.1) is 5.92 Å². The summed E-state index contributed by atoms with van der Waals surface area (Å²) in [5, 5.41) is 5.22. The van der Waals surface area contributed by atoms with Crippen LogP contribution in [0.15, 0.2) is 46.0 Å². The monoisotopic (exact) mass is 476 g/mol. The summed E-state index contributed by atoms with van der Waals surface area (Å²) in [6.07, 6.45) is 2.74. The second-order valence-electron chi connectivity index (χ2n) is 8.28. The molecule has 0 bridgehead atoms. The molecule has 3 N–H and O–H groups in total. The Morgan fingerprint density at radius 1 is 1.19 bits per heavy atom. The van der Waals surface area contributed by atoms with Crippen molar-refractivity contribution in [2.45, 2.75) is 48.8 Å². The summed E-state index contributed by atoms with van der Waals surface area (Å²) in [4.78, 5) is 37.6. The first kappa shape index (κ1) is 22.3. The minimum atomic E-state index is -3.65. The molecule has 1 aromatic heterocycles. The van der Waals surface area contributed by atoms with Gasteiger partial charge in [-0.15, -0.1) is 11.3 Å². The van der Waals surface area contributed by atoms with E-state index >= 15 is 0 Å². The number of anilines is 1. The van der Waals surface area contributed by atoms with E-state index in [1.807, 2.05) is 0 Å². The maximum atomic E-state index is 12.8. The van der Waals surface area contributed by atoms with Crippen molar-refractivity contribution in [3.05, 3.63) is 47.3 Å². The lowest BCUT2D eigenvalue weighted by atomic mass is 9.77. The molecule has 0 atom stereocenters. The van der Waals surface area contributed by atoms with E-state index < -0.39 is 33.4 Å². The number of hydrogen-bond acceptors (Lipinski definition) is 6. The number of rotatable bonds is 6. The third-order valence-electron chi connectivity index (χ3n) is 5.86. The van der Waals surface area contributed by atoms with Crippen LogP contribution >= 0.6 is 11.3 Å². The predicted octanol–water partition coefficient (Wildman–Crippen LogP) is 2.62. The first-order valence-corrected chi connectivity index (χ1v) is 12.7. The SMILES string of the molecule is CC1CCC2(CC1)NC(=O)N(NC(=O)Cc1ccc(NS(=O)(=O)c3cccs3)cc1)C2=O. The number of hydrazine groups is 1. The van der Waals surface area contributed by atoms with Crippen LogP contribution in [-0.4, -0.2) is 36.8 Å². The van der Waals surface area contributed by atoms with Crippen molar-refractivity contribution in [2.75, 3.05) is 4.72 Å². The van der Waals surface area contributed by atoms with E-state index in [4.69, 9.17) is 0 Å². The maximum absolute atomic E-state index is 12.8. The summed E-state index contributed by atoms with van der Waals surface area (Å²) in [7, 11) is -3.65. The second-order valence-corrected chi connectivity index (χ2v) is 11.1. The van der Waals surface area contributed by atoms with Gasteiger partial charge < -0.3 is 5.32 Å². The van der Waals surface area contributed by atoms with Crippen LogP contribution in [0.3, 0.4) is 0 Å². The Morgan fingerprint density at radius 3 is 2.50 bits per heavy atom. The lowest BCUT2D eigenvalue weighted by molar-refractivity contribution is -0.139. The highest BCUT2D eigenvalue weighted by atomic mass is 32.2. The van der Waals surface area contributed by atoms with Gasteiger partial charge in [-0.3, -0.25) is 19.7 Å². The average Bonchev–Trinajstić information content (AvgIpc) is 3.37. The highest BCUT2D eigenvalue weighted by molar-refractivity contribution is 7.94. The number of urea groups is 1. The molecule has 1 aromatic carbocycles. The molecule has 1 aliphatic heterocycles. The normalized spacial score (nSPS) is 23.3. The van der Waals surface area contributed by atoms with Gasteiger partial charge in [-0.05, 0) is 60.7 Å². The minimum Gasteiger partial charge on any atom is -0.322 e. The lowest BCUT2D eigenvalue weighted by Gasteiger charge is -2.33. The van der Waals surface area contributed by atoms with Gasteiger partial charge in [0.2, 0.25) is 5.91 Å². The molecule has 4 amide bonds. The van der Waals surface area contributed by atoms with E-state index in [1.165, 1.54) is 6.07 Å². The van der Waals surface area contributed by atoms with Crippen LogP contribution in [0.5, 0.6) is 0 Å². The lowest BCUT2D eigenvalue weighted by Crippen LogP contribution is -2.51. The molecule has 1 spiro atoms. The van der Waals surface area contributed by atoms with Gasteiger partial charge in [-0.25, -0.2) is 13.2 Å². The summed E-state index contributed by atoms with van der Waals surface area (Å²) in [5.74, 6) is -0.422. The first-order chi connectivity index (χ1) is 15.2. The van der Waals surface area contributed by atoms with E-state index in [0.717, 1.165) is 29.2 Å². The van der Waals surface area contributed by atoms with E-state index in [9.17, 15) is 22.8 Å². The number of nitrogens with one attached hydrogen (secondary N) is 3. The Balaban J connectivity index is 1.35. The van der Waals surface area contributed by atoms with Crippen molar-refractivity contribution >= 4 is 44.9 Å². The molecule has 9 nitrogen and oxygen atoms in total. The molecule has 2 heterocycles. The fourth-order valence-electron chi connectivity index (χ4n) is 3.98. The van der Waals surface area contributed by atoms with Crippen molar-refractivity contribution in [3.8, 4) is 0 Å². The highest BCUT2D eigenvalue weighted by Crippen LogP contribution is 2.35. The number of hydrogen-bond donors (Lipinski definition) is 3. The van der Waals surface area contributed by atoms with Gasteiger partial charge in [-0.2, -0.15) is 5.01 Å². The molecule has 1 aliphatic carbocycles. The molecule has 0 radical (unpaired) electrons. The molecule has 2 aliphatic rings. The van der Waals surface area contributed by atoms with E-state index in [2.05, 4.69) is 22.4 Å². The van der Waals surface area contributed by atoms with Crippen molar-refractivity contribution < 1.29 is 22.8 Å². The number of benzene rings is 1. The summed E-state index contributed by atoms with van der Waals surface area (Å²) in [6, 6.07) is 8.89. The Morgan fingerprint density at radius 2 is 1.88 bits per heavy atom. The summed E-state index contributed by atoms with van der Waals surface area (Å²) >= 11 is 1.12. The molecular formula is C21H24N4O5S2. The van der Waals surface area contributed by atoms with Gasteiger partial charge in [0.15, 0.2) is 0 Å². The summed E-state index contributed by atoms with van der Waals surface area (Å²) in [5.41, 5.74) is 2.46. The largest absolute Gasteiger partial charge is 0.344 e. The van der Waals surface area contributed by atoms with Gasteiger partial charge in [0, 0.05) is 5.69 Å². The third-order valence-corrected chi connectivity index (χ3v) is 8.64. The number of nitrogens with zero attached hydrogens (tertiary/aromatic N) is 1. The average molecular weight is 477 g/mol. The van der Waals surface area contributed by atoms with Gasteiger partial charge in [0.05, 0.1) is 6.42 Å². The van der Waals surface area contributed by atoms with Gasteiger partial charge in [0.25, 0.3) is 15.9 Å². The van der Waals surface area contributed by atoms with E-state index in [-0.39, 0.29) is 10.6 Å². The Kier molecular flexibility index (Phi) is 5.95.